The monoisotopic (exact) mass is 278 g/mol. The molecule has 0 spiro atoms. The summed E-state index contributed by atoms with van der Waals surface area (Å²) < 4.78 is 18.2. The van der Waals surface area contributed by atoms with E-state index < -0.39 is 0 Å². The summed E-state index contributed by atoms with van der Waals surface area (Å²) in [7, 11) is 1.66. The molecule has 0 radical (unpaired) electrons. The maximum Gasteiger partial charge on any atom is 0.123 e. The van der Waals surface area contributed by atoms with Crippen LogP contribution >= 0.6 is 23.2 Å². The fourth-order valence-corrected chi connectivity index (χ4v) is 2.67. The SMILES string of the molecule is COC(C)CC(CCl)(CCl)c1ccc(F)cc1. The van der Waals surface area contributed by atoms with Gasteiger partial charge in [0.15, 0.2) is 0 Å². The summed E-state index contributed by atoms with van der Waals surface area (Å²) in [6.07, 6.45) is 0.764. The van der Waals surface area contributed by atoms with Crippen LogP contribution in [0.25, 0.3) is 0 Å². The van der Waals surface area contributed by atoms with E-state index in [1.165, 1.54) is 12.1 Å². The van der Waals surface area contributed by atoms with Crippen LogP contribution in [-0.2, 0) is 10.2 Å². The van der Waals surface area contributed by atoms with Crippen LogP contribution in [0.15, 0.2) is 24.3 Å². The van der Waals surface area contributed by atoms with Crippen molar-refractivity contribution in [1.29, 1.82) is 0 Å². The standard InChI is InChI=1S/C13H17Cl2FO/c1-10(17-2)7-13(8-14,9-15)11-3-5-12(16)6-4-11/h3-6,10H,7-9H2,1-2H3. The first-order valence-electron chi connectivity index (χ1n) is 5.49. The summed E-state index contributed by atoms with van der Waals surface area (Å²) in [5.74, 6) is 0.512. The minimum Gasteiger partial charge on any atom is -0.382 e. The van der Waals surface area contributed by atoms with Crippen molar-refractivity contribution in [3.63, 3.8) is 0 Å². The Morgan fingerprint density at radius 1 is 1.24 bits per heavy atom. The maximum absolute atomic E-state index is 12.9. The van der Waals surface area contributed by atoms with Gasteiger partial charge in [-0.05, 0) is 31.0 Å². The van der Waals surface area contributed by atoms with Gasteiger partial charge in [0.05, 0.1) is 6.10 Å². The van der Waals surface area contributed by atoms with Gasteiger partial charge < -0.3 is 4.74 Å². The average molecular weight is 279 g/mol. The lowest BCUT2D eigenvalue weighted by Crippen LogP contribution is -2.34. The van der Waals surface area contributed by atoms with Crippen molar-refractivity contribution in [2.24, 2.45) is 0 Å². The van der Waals surface area contributed by atoms with E-state index in [-0.39, 0.29) is 17.3 Å². The van der Waals surface area contributed by atoms with Gasteiger partial charge in [0.1, 0.15) is 5.82 Å². The van der Waals surface area contributed by atoms with E-state index in [1.807, 2.05) is 6.92 Å². The van der Waals surface area contributed by atoms with Crippen LogP contribution in [0.4, 0.5) is 4.39 Å². The second-order valence-electron chi connectivity index (χ2n) is 4.30. The molecule has 0 heterocycles. The van der Waals surface area contributed by atoms with E-state index in [1.54, 1.807) is 19.2 Å². The minimum atomic E-state index is -0.369. The summed E-state index contributed by atoms with van der Waals surface area (Å²) >= 11 is 12.1. The van der Waals surface area contributed by atoms with Gasteiger partial charge in [0, 0.05) is 24.3 Å². The van der Waals surface area contributed by atoms with Crippen LogP contribution in [-0.4, -0.2) is 25.0 Å². The molecule has 0 saturated heterocycles. The van der Waals surface area contributed by atoms with E-state index in [9.17, 15) is 4.39 Å². The highest BCUT2D eigenvalue weighted by atomic mass is 35.5. The average Bonchev–Trinajstić information content (AvgIpc) is 2.37. The molecule has 0 bridgehead atoms. The second-order valence-corrected chi connectivity index (χ2v) is 4.84. The van der Waals surface area contributed by atoms with Crippen molar-refractivity contribution in [1.82, 2.24) is 0 Å². The van der Waals surface area contributed by atoms with E-state index in [4.69, 9.17) is 27.9 Å². The zero-order chi connectivity index (χ0) is 12.9. The zero-order valence-corrected chi connectivity index (χ0v) is 11.6. The third kappa shape index (κ3) is 3.57. The predicted molar refractivity (Wildman–Crippen MR) is 70.6 cm³/mol. The number of hydrogen-bond donors (Lipinski definition) is 0. The molecule has 1 aromatic carbocycles. The number of benzene rings is 1. The van der Waals surface area contributed by atoms with Crippen LogP contribution in [0.2, 0.25) is 0 Å². The van der Waals surface area contributed by atoms with Crippen molar-refractivity contribution >= 4 is 23.2 Å². The van der Waals surface area contributed by atoms with Crippen molar-refractivity contribution in [2.75, 3.05) is 18.9 Å². The smallest absolute Gasteiger partial charge is 0.123 e. The lowest BCUT2D eigenvalue weighted by molar-refractivity contribution is 0.0938. The number of alkyl halides is 2. The van der Waals surface area contributed by atoms with Gasteiger partial charge in [0.2, 0.25) is 0 Å². The molecule has 0 aliphatic carbocycles. The van der Waals surface area contributed by atoms with Crippen molar-refractivity contribution in [2.45, 2.75) is 24.9 Å². The molecule has 1 rings (SSSR count). The predicted octanol–water partition coefficient (Wildman–Crippen LogP) is 3.97. The quantitative estimate of drug-likeness (QED) is 0.716. The van der Waals surface area contributed by atoms with Gasteiger partial charge in [-0.25, -0.2) is 4.39 Å². The second kappa shape index (κ2) is 6.58. The van der Waals surface area contributed by atoms with Crippen LogP contribution in [0, 0.1) is 5.82 Å². The molecule has 1 aromatic rings. The summed E-state index contributed by atoms with van der Waals surface area (Å²) in [5, 5.41) is 0. The Kier molecular flexibility index (Phi) is 5.71. The Hall–Kier alpha value is -0.310. The molecule has 0 amide bonds. The molecule has 96 valence electrons. The molecular formula is C13H17Cl2FO. The molecule has 1 unspecified atom stereocenters. The minimum absolute atomic E-state index is 0.0533. The Labute approximate surface area is 112 Å². The van der Waals surface area contributed by atoms with Gasteiger partial charge in [-0.15, -0.1) is 23.2 Å². The van der Waals surface area contributed by atoms with E-state index in [0.29, 0.717) is 18.2 Å². The van der Waals surface area contributed by atoms with E-state index in [2.05, 4.69) is 0 Å². The van der Waals surface area contributed by atoms with E-state index in [0.717, 1.165) is 5.56 Å². The lowest BCUT2D eigenvalue weighted by atomic mass is 9.79. The number of rotatable bonds is 6. The van der Waals surface area contributed by atoms with Gasteiger partial charge >= 0.3 is 0 Å². The first kappa shape index (κ1) is 14.7. The van der Waals surface area contributed by atoms with Gasteiger partial charge in [-0.1, -0.05) is 12.1 Å². The molecule has 0 N–H and O–H groups in total. The first-order valence-corrected chi connectivity index (χ1v) is 6.55. The molecule has 0 fully saturated rings. The molecule has 1 nitrogen and oxygen atoms in total. The highest BCUT2D eigenvalue weighted by molar-refractivity contribution is 6.22. The Morgan fingerprint density at radius 2 is 1.76 bits per heavy atom. The highest BCUT2D eigenvalue weighted by Gasteiger charge is 2.32. The van der Waals surface area contributed by atoms with Crippen LogP contribution in [0.5, 0.6) is 0 Å². The summed E-state index contributed by atoms with van der Waals surface area (Å²) in [5.41, 5.74) is 0.583. The first-order chi connectivity index (χ1) is 8.07. The van der Waals surface area contributed by atoms with Gasteiger partial charge in [0.25, 0.3) is 0 Å². The fourth-order valence-electron chi connectivity index (χ4n) is 1.85. The van der Waals surface area contributed by atoms with Crippen LogP contribution in [0.1, 0.15) is 18.9 Å². The molecule has 0 aromatic heterocycles. The van der Waals surface area contributed by atoms with Crippen molar-refractivity contribution in [3.8, 4) is 0 Å². The molecular weight excluding hydrogens is 262 g/mol. The number of hydrogen-bond acceptors (Lipinski definition) is 1. The highest BCUT2D eigenvalue weighted by Crippen LogP contribution is 2.33. The summed E-state index contributed by atoms with van der Waals surface area (Å²) in [6.45, 7) is 1.97. The largest absolute Gasteiger partial charge is 0.382 e. The van der Waals surface area contributed by atoms with Crippen molar-refractivity contribution in [3.05, 3.63) is 35.6 Å². The van der Waals surface area contributed by atoms with Crippen LogP contribution in [0.3, 0.4) is 0 Å². The van der Waals surface area contributed by atoms with Crippen molar-refractivity contribution < 1.29 is 9.13 Å². The molecule has 0 aliphatic rings. The zero-order valence-electron chi connectivity index (χ0n) is 10.1. The Balaban J connectivity index is 3.01. The normalized spacial score (nSPS) is 13.7. The number of ether oxygens (including phenoxy) is 1. The molecule has 4 heteroatoms. The number of methoxy groups -OCH3 is 1. The third-order valence-corrected chi connectivity index (χ3v) is 4.07. The third-order valence-electron chi connectivity index (χ3n) is 3.05. The number of halogens is 3. The Bertz CT molecular complexity index is 336. The van der Waals surface area contributed by atoms with Gasteiger partial charge in [-0.2, -0.15) is 0 Å². The Morgan fingerprint density at radius 3 is 2.18 bits per heavy atom. The summed E-state index contributed by atoms with van der Waals surface area (Å²) in [6, 6.07) is 6.34. The summed E-state index contributed by atoms with van der Waals surface area (Å²) in [4.78, 5) is 0. The van der Waals surface area contributed by atoms with E-state index >= 15 is 0 Å². The topological polar surface area (TPSA) is 9.23 Å². The lowest BCUT2D eigenvalue weighted by Gasteiger charge is -2.32. The molecule has 1 atom stereocenters. The molecule has 0 aliphatic heterocycles. The van der Waals surface area contributed by atoms with Gasteiger partial charge in [-0.3, -0.25) is 0 Å². The maximum atomic E-state index is 12.9. The van der Waals surface area contributed by atoms with Crippen LogP contribution < -0.4 is 0 Å². The fraction of sp³-hybridized carbons (Fsp3) is 0.538. The molecule has 0 saturated carbocycles. The molecule has 17 heavy (non-hydrogen) atoms.